The Morgan fingerprint density at radius 2 is 2.11 bits per heavy atom. The summed E-state index contributed by atoms with van der Waals surface area (Å²) in [6.07, 6.45) is 2.94. The van der Waals surface area contributed by atoms with Gasteiger partial charge in [0.1, 0.15) is 5.82 Å². The summed E-state index contributed by atoms with van der Waals surface area (Å²) in [6, 6.07) is 3.74. The van der Waals surface area contributed by atoms with E-state index in [2.05, 4.69) is 21.2 Å². The molecule has 2 rings (SSSR count). The van der Waals surface area contributed by atoms with Crippen molar-refractivity contribution in [2.75, 3.05) is 0 Å². The first-order valence-corrected chi connectivity index (χ1v) is 6.81. The average molecular weight is 316 g/mol. The van der Waals surface area contributed by atoms with Crippen LogP contribution in [0.15, 0.2) is 22.7 Å². The first-order valence-electron chi connectivity index (χ1n) is 6.02. The van der Waals surface area contributed by atoms with Gasteiger partial charge in [0.25, 0.3) is 5.91 Å². The fourth-order valence-electron chi connectivity index (χ4n) is 2.20. The monoisotopic (exact) mass is 315 g/mol. The van der Waals surface area contributed by atoms with Crippen LogP contribution in [0.4, 0.5) is 4.39 Å². The molecular weight excluding hydrogens is 301 g/mol. The summed E-state index contributed by atoms with van der Waals surface area (Å²) < 4.78 is 13.7. The number of rotatable bonds is 2. The van der Waals surface area contributed by atoms with E-state index in [0.717, 1.165) is 19.3 Å². The van der Waals surface area contributed by atoms with Gasteiger partial charge in [0.15, 0.2) is 0 Å². The number of nitrogens with one attached hydrogen (secondary N) is 1. The standard InChI is InChI=1S/C13H15BrFNO2/c14-10-6-5-8(15)7-9(10)13(18)16-11-3-1-2-4-12(11)17/h5-7,11-12,17H,1-4H2,(H,16,18)/t11-,12-/m1/s1. The predicted octanol–water partition coefficient (Wildman–Crippen LogP) is 2.62. The van der Waals surface area contributed by atoms with Gasteiger partial charge in [-0.15, -0.1) is 0 Å². The molecule has 0 aromatic heterocycles. The van der Waals surface area contributed by atoms with Crippen molar-refractivity contribution in [3.63, 3.8) is 0 Å². The lowest BCUT2D eigenvalue weighted by Crippen LogP contribution is -2.45. The molecule has 18 heavy (non-hydrogen) atoms. The van der Waals surface area contributed by atoms with Gasteiger partial charge in [-0.1, -0.05) is 12.8 Å². The molecule has 1 amide bonds. The lowest BCUT2D eigenvalue weighted by atomic mass is 9.92. The van der Waals surface area contributed by atoms with Crippen molar-refractivity contribution in [3.8, 4) is 0 Å². The smallest absolute Gasteiger partial charge is 0.252 e. The molecule has 0 saturated heterocycles. The van der Waals surface area contributed by atoms with Crippen LogP contribution in [0.25, 0.3) is 0 Å². The number of hydrogen-bond donors (Lipinski definition) is 2. The second-order valence-electron chi connectivity index (χ2n) is 4.56. The lowest BCUT2D eigenvalue weighted by Gasteiger charge is -2.28. The van der Waals surface area contributed by atoms with Crippen molar-refractivity contribution in [1.29, 1.82) is 0 Å². The average Bonchev–Trinajstić information content (AvgIpc) is 2.35. The van der Waals surface area contributed by atoms with Gasteiger partial charge in [0, 0.05) is 4.47 Å². The third-order valence-electron chi connectivity index (χ3n) is 3.22. The molecule has 5 heteroatoms. The van der Waals surface area contributed by atoms with Gasteiger partial charge in [-0.3, -0.25) is 4.79 Å². The summed E-state index contributed by atoms with van der Waals surface area (Å²) >= 11 is 3.22. The van der Waals surface area contributed by atoms with Crippen molar-refractivity contribution in [2.45, 2.75) is 37.8 Å². The SMILES string of the molecule is O=C(N[C@@H]1CCCC[C@H]1O)c1cc(F)ccc1Br. The molecular formula is C13H15BrFNO2. The summed E-state index contributed by atoms with van der Waals surface area (Å²) in [5.41, 5.74) is 0.257. The van der Waals surface area contributed by atoms with Crippen LogP contribution in [0.1, 0.15) is 36.0 Å². The van der Waals surface area contributed by atoms with Crippen LogP contribution in [0, 0.1) is 5.82 Å². The molecule has 1 aliphatic rings. The molecule has 0 aliphatic heterocycles. The minimum absolute atomic E-state index is 0.235. The lowest BCUT2D eigenvalue weighted by molar-refractivity contribution is 0.0716. The van der Waals surface area contributed by atoms with E-state index in [1.54, 1.807) is 0 Å². The molecule has 0 unspecified atom stereocenters. The molecule has 98 valence electrons. The highest BCUT2D eigenvalue weighted by Gasteiger charge is 2.25. The third-order valence-corrected chi connectivity index (χ3v) is 3.91. The summed E-state index contributed by atoms with van der Waals surface area (Å²) in [5, 5.41) is 12.6. The van der Waals surface area contributed by atoms with E-state index < -0.39 is 11.9 Å². The van der Waals surface area contributed by atoms with Crippen molar-refractivity contribution in [3.05, 3.63) is 34.1 Å². The summed E-state index contributed by atoms with van der Waals surface area (Å²) in [4.78, 5) is 12.0. The molecule has 0 bridgehead atoms. The molecule has 0 spiro atoms. The van der Waals surface area contributed by atoms with Gasteiger partial charge in [-0.05, 0) is 47.0 Å². The highest BCUT2D eigenvalue weighted by molar-refractivity contribution is 9.10. The van der Waals surface area contributed by atoms with Crippen molar-refractivity contribution in [1.82, 2.24) is 5.32 Å². The van der Waals surface area contributed by atoms with Crippen molar-refractivity contribution < 1.29 is 14.3 Å². The normalized spacial score (nSPS) is 23.7. The van der Waals surface area contributed by atoms with E-state index in [-0.39, 0.29) is 17.5 Å². The Balaban J connectivity index is 2.09. The fourth-order valence-corrected chi connectivity index (χ4v) is 2.62. The Bertz CT molecular complexity index is 453. The number of hydrogen-bond acceptors (Lipinski definition) is 2. The summed E-state index contributed by atoms with van der Waals surface area (Å²) in [7, 11) is 0. The number of carbonyl (C=O) groups is 1. The van der Waals surface area contributed by atoms with Crippen molar-refractivity contribution in [2.24, 2.45) is 0 Å². The van der Waals surface area contributed by atoms with E-state index in [9.17, 15) is 14.3 Å². The van der Waals surface area contributed by atoms with Gasteiger partial charge < -0.3 is 10.4 Å². The van der Waals surface area contributed by atoms with Crippen molar-refractivity contribution >= 4 is 21.8 Å². The maximum Gasteiger partial charge on any atom is 0.252 e. The topological polar surface area (TPSA) is 49.3 Å². The summed E-state index contributed by atoms with van der Waals surface area (Å²) in [5.74, 6) is -0.806. The number of halogens is 2. The van der Waals surface area contributed by atoms with Crippen LogP contribution in [0.2, 0.25) is 0 Å². The first-order chi connectivity index (χ1) is 8.58. The first kappa shape index (κ1) is 13.5. The Labute approximate surface area is 114 Å². The molecule has 1 fully saturated rings. The molecule has 1 aromatic rings. The predicted molar refractivity (Wildman–Crippen MR) is 69.8 cm³/mol. The van der Waals surface area contributed by atoms with Crippen LogP contribution < -0.4 is 5.32 Å². The maximum atomic E-state index is 13.1. The quantitative estimate of drug-likeness (QED) is 0.881. The Hall–Kier alpha value is -0.940. The third kappa shape index (κ3) is 3.09. The molecule has 2 atom stereocenters. The van der Waals surface area contributed by atoms with Crippen LogP contribution in [-0.2, 0) is 0 Å². The highest BCUT2D eigenvalue weighted by atomic mass is 79.9. The van der Waals surface area contributed by atoms with Crippen LogP contribution in [0.3, 0.4) is 0 Å². The molecule has 1 saturated carbocycles. The van der Waals surface area contributed by atoms with Crippen LogP contribution >= 0.6 is 15.9 Å². The molecule has 0 heterocycles. The minimum Gasteiger partial charge on any atom is -0.391 e. The van der Waals surface area contributed by atoms with E-state index in [4.69, 9.17) is 0 Å². The number of aliphatic hydroxyl groups is 1. The van der Waals surface area contributed by atoms with Crippen LogP contribution in [-0.4, -0.2) is 23.2 Å². The van der Waals surface area contributed by atoms with Crippen LogP contribution in [0.5, 0.6) is 0 Å². The number of benzene rings is 1. The van der Waals surface area contributed by atoms with Gasteiger partial charge in [0.05, 0.1) is 17.7 Å². The van der Waals surface area contributed by atoms with E-state index in [1.165, 1.54) is 18.2 Å². The number of aliphatic hydroxyl groups excluding tert-OH is 1. The number of amides is 1. The molecule has 0 radical (unpaired) electrons. The molecule has 3 nitrogen and oxygen atoms in total. The van der Waals surface area contributed by atoms with Gasteiger partial charge in [-0.2, -0.15) is 0 Å². The second-order valence-corrected chi connectivity index (χ2v) is 5.41. The van der Waals surface area contributed by atoms with Gasteiger partial charge in [0.2, 0.25) is 0 Å². The van der Waals surface area contributed by atoms with Gasteiger partial charge in [-0.25, -0.2) is 4.39 Å². The Morgan fingerprint density at radius 1 is 1.39 bits per heavy atom. The highest BCUT2D eigenvalue weighted by Crippen LogP contribution is 2.21. The van der Waals surface area contributed by atoms with E-state index in [0.29, 0.717) is 10.9 Å². The zero-order chi connectivity index (χ0) is 13.1. The minimum atomic E-state index is -0.505. The molecule has 1 aliphatic carbocycles. The zero-order valence-corrected chi connectivity index (χ0v) is 11.4. The Kier molecular flexibility index (Phi) is 4.35. The fraction of sp³-hybridized carbons (Fsp3) is 0.462. The maximum absolute atomic E-state index is 13.1. The van der Waals surface area contributed by atoms with Gasteiger partial charge >= 0.3 is 0 Å². The van der Waals surface area contributed by atoms with E-state index in [1.807, 2.05) is 0 Å². The molecule has 2 N–H and O–H groups in total. The second kappa shape index (κ2) is 5.80. The largest absolute Gasteiger partial charge is 0.391 e. The summed E-state index contributed by atoms with van der Waals surface area (Å²) in [6.45, 7) is 0. The Morgan fingerprint density at radius 3 is 2.83 bits per heavy atom. The van der Waals surface area contributed by atoms with E-state index >= 15 is 0 Å². The molecule has 1 aromatic carbocycles. The zero-order valence-electron chi connectivity index (χ0n) is 9.83. The number of carbonyl (C=O) groups excluding carboxylic acids is 1.